The van der Waals surface area contributed by atoms with Crippen molar-refractivity contribution in [3.8, 4) is 0 Å². The number of hydrogen-bond acceptors (Lipinski definition) is 3. The monoisotopic (exact) mass is 322 g/mol. The van der Waals surface area contributed by atoms with E-state index in [1.54, 1.807) is 0 Å². The van der Waals surface area contributed by atoms with Gasteiger partial charge in [0.2, 0.25) is 0 Å². The summed E-state index contributed by atoms with van der Waals surface area (Å²) < 4.78 is 0. The van der Waals surface area contributed by atoms with Gasteiger partial charge < -0.3 is 16.0 Å². The van der Waals surface area contributed by atoms with Crippen LogP contribution in [-0.4, -0.2) is 31.4 Å². The van der Waals surface area contributed by atoms with Crippen molar-refractivity contribution in [1.82, 2.24) is 0 Å². The Morgan fingerprint density at radius 2 is 1.82 bits per heavy atom. The van der Waals surface area contributed by atoms with Crippen LogP contribution >= 0.6 is 11.3 Å². The highest BCUT2D eigenvalue weighted by Crippen LogP contribution is 2.38. The molecule has 4 N–H and O–H groups in total. The van der Waals surface area contributed by atoms with Gasteiger partial charge in [0.15, 0.2) is 6.54 Å². The Morgan fingerprint density at radius 1 is 1.09 bits per heavy atom. The summed E-state index contributed by atoms with van der Waals surface area (Å²) in [5.41, 5.74) is 7.14. The molecule has 2 aliphatic rings. The minimum Gasteiger partial charge on any atom is -0.365 e. The molecule has 1 aliphatic carbocycles. The van der Waals surface area contributed by atoms with Gasteiger partial charge in [-0.2, -0.15) is 0 Å². The highest BCUT2D eigenvalue weighted by molar-refractivity contribution is 7.17. The Balaban J connectivity index is 1.67. The molecule has 120 valence electrons. The third kappa shape index (κ3) is 3.33. The van der Waals surface area contributed by atoms with Crippen molar-refractivity contribution in [2.45, 2.75) is 44.9 Å². The molecule has 1 saturated heterocycles. The number of primary amides is 1. The molecule has 0 bridgehead atoms. The maximum Gasteiger partial charge on any atom is 0.280 e. The molecule has 0 atom stereocenters. The van der Waals surface area contributed by atoms with Crippen LogP contribution in [0, 0.1) is 0 Å². The molecule has 5 nitrogen and oxygen atoms in total. The van der Waals surface area contributed by atoms with Crippen LogP contribution in [0.2, 0.25) is 0 Å². The van der Waals surface area contributed by atoms with Gasteiger partial charge in [-0.05, 0) is 50.5 Å². The van der Waals surface area contributed by atoms with Gasteiger partial charge in [0.25, 0.3) is 11.8 Å². The van der Waals surface area contributed by atoms with Crippen LogP contribution in [0.3, 0.4) is 0 Å². The fourth-order valence-corrected chi connectivity index (χ4v) is 4.87. The van der Waals surface area contributed by atoms with E-state index >= 15 is 0 Å². The van der Waals surface area contributed by atoms with Gasteiger partial charge in [-0.1, -0.05) is 0 Å². The van der Waals surface area contributed by atoms with E-state index in [1.165, 1.54) is 46.8 Å². The van der Waals surface area contributed by atoms with E-state index in [4.69, 9.17) is 5.73 Å². The average molecular weight is 322 g/mol. The molecule has 1 aromatic heterocycles. The number of thiophene rings is 1. The Hall–Kier alpha value is -1.40. The number of fused-ring (bicyclic) bond motifs is 1. The zero-order valence-electron chi connectivity index (χ0n) is 12.9. The number of anilines is 1. The predicted octanol–water partition coefficient (Wildman–Crippen LogP) is 0.733. The lowest BCUT2D eigenvalue weighted by atomic mass is 10.1. The van der Waals surface area contributed by atoms with Crippen molar-refractivity contribution in [2.24, 2.45) is 5.73 Å². The Labute approximate surface area is 134 Å². The number of likely N-dealkylation sites (tertiary alicyclic amines) is 1. The van der Waals surface area contributed by atoms with Crippen LogP contribution in [0.15, 0.2) is 0 Å². The summed E-state index contributed by atoms with van der Waals surface area (Å²) in [5.74, 6) is -0.420. The highest BCUT2D eigenvalue weighted by atomic mass is 32.1. The molecule has 3 rings (SSSR count). The van der Waals surface area contributed by atoms with Gasteiger partial charge in [0.05, 0.1) is 18.7 Å². The van der Waals surface area contributed by atoms with E-state index in [0.29, 0.717) is 17.1 Å². The first kappa shape index (κ1) is 15.5. The van der Waals surface area contributed by atoms with E-state index in [-0.39, 0.29) is 5.91 Å². The Kier molecular flexibility index (Phi) is 4.78. The second-order valence-corrected chi connectivity index (χ2v) is 7.42. The first-order chi connectivity index (χ1) is 10.6. The van der Waals surface area contributed by atoms with E-state index < -0.39 is 5.91 Å². The number of nitrogens with one attached hydrogen (secondary N) is 2. The summed E-state index contributed by atoms with van der Waals surface area (Å²) >= 11 is 1.53. The summed E-state index contributed by atoms with van der Waals surface area (Å²) in [6.45, 7) is 2.62. The molecule has 0 unspecified atom stereocenters. The molecule has 2 amide bonds. The number of rotatable bonds is 4. The highest BCUT2D eigenvalue weighted by Gasteiger charge is 2.27. The predicted molar refractivity (Wildman–Crippen MR) is 87.5 cm³/mol. The van der Waals surface area contributed by atoms with Gasteiger partial charge in [0.1, 0.15) is 5.00 Å². The van der Waals surface area contributed by atoms with Gasteiger partial charge in [-0.3, -0.25) is 9.59 Å². The van der Waals surface area contributed by atoms with Crippen LogP contribution in [0.4, 0.5) is 5.00 Å². The molecule has 22 heavy (non-hydrogen) atoms. The van der Waals surface area contributed by atoms with E-state index in [1.807, 2.05) is 0 Å². The number of amides is 2. The summed E-state index contributed by atoms with van der Waals surface area (Å²) in [7, 11) is 0. The van der Waals surface area contributed by atoms with E-state index in [0.717, 1.165) is 37.9 Å². The van der Waals surface area contributed by atoms with Crippen LogP contribution in [0.5, 0.6) is 0 Å². The molecular weight excluding hydrogens is 298 g/mol. The largest absolute Gasteiger partial charge is 0.365 e. The molecule has 1 aliphatic heterocycles. The summed E-state index contributed by atoms with van der Waals surface area (Å²) in [4.78, 5) is 26.6. The number of carbonyl (C=O) groups is 2. The lowest BCUT2D eigenvalue weighted by molar-refractivity contribution is -0.890. The topological polar surface area (TPSA) is 76.6 Å². The third-order valence-corrected chi connectivity index (χ3v) is 5.85. The van der Waals surface area contributed by atoms with Gasteiger partial charge in [-0.25, -0.2) is 0 Å². The molecule has 2 heterocycles. The number of nitrogens with two attached hydrogens (primary N) is 1. The van der Waals surface area contributed by atoms with Crippen molar-refractivity contribution < 1.29 is 14.5 Å². The number of aryl methyl sites for hydroxylation is 1. The molecule has 0 aromatic carbocycles. The minimum absolute atomic E-state index is 0.000626. The first-order valence-corrected chi connectivity index (χ1v) is 9.04. The Morgan fingerprint density at radius 3 is 2.50 bits per heavy atom. The van der Waals surface area contributed by atoms with Gasteiger partial charge in [0, 0.05) is 4.88 Å². The van der Waals surface area contributed by atoms with Crippen molar-refractivity contribution in [1.29, 1.82) is 0 Å². The second-order valence-electron chi connectivity index (χ2n) is 6.31. The second kappa shape index (κ2) is 6.79. The summed E-state index contributed by atoms with van der Waals surface area (Å²) in [6.07, 6.45) is 7.91. The summed E-state index contributed by atoms with van der Waals surface area (Å²) in [5, 5.41) is 3.61. The van der Waals surface area contributed by atoms with Crippen LogP contribution in [0.1, 0.15) is 52.9 Å². The lowest BCUT2D eigenvalue weighted by Crippen LogP contribution is -3.12. The SMILES string of the molecule is NC(=O)c1c(NC(=O)C[NH+]2CCCCCC2)sc2c1CCC2. The molecule has 1 aromatic rings. The normalized spacial score (nSPS) is 18.7. The van der Waals surface area contributed by atoms with Crippen LogP contribution in [-0.2, 0) is 17.6 Å². The van der Waals surface area contributed by atoms with Gasteiger partial charge in [-0.15, -0.1) is 11.3 Å². The maximum atomic E-state index is 12.3. The quantitative estimate of drug-likeness (QED) is 0.764. The molecule has 0 spiro atoms. The van der Waals surface area contributed by atoms with Crippen molar-refractivity contribution in [2.75, 3.05) is 25.0 Å². The van der Waals surface area contributed by atoms with Crippen molar-refractivity contribution >= 4 is 28.2 Å². The first-order valence-electron chi connectivity index (χ1n) is 8.23. The standard InChI is InChI=1S/C16H23N3O2S/c17-15(21)14-11-6-5-7-12(11)22-16(14)18-13(20)10-19-8-3-1-2-4-9-19/h1-10H2,(H2,17,21)(H,18,20)/p+1. The zero-order chi connectivity index (χ0) is 15.5. The van der Waals surface area contributed by atoms with Crippen molar-refractivity contribution in [3.63, 3.8) is 0 Å². The average Bonchev–Trinajstić information content (AvgIpc) is 2.91. The number of carbonyl (C=O) groups excluding carboxylic acids is 2. The van der Waals surface area contributed by atoms with E-state index in [9.17, 15) is 9.59 Å². The molecule has 1 fully saturated rings. The fourth-order valence-electron chi connectivity index (χ4n) is 3.56. The zero-order valence-corrected chi connectivity index (χ0v) is 13.7. The van der Waals surface area contributed by atoms with E-state index in [2.05, 4.69) is 5.32 Å². The fraction of sp³-hybridized carbons (Fsp3) is 0.625. The smallest absolute Gasteiger partial charge is 0.280 e. The molecular formula is C16H24N3O2S+. The number of quaternary nitrogens is 1. The van der Waals surface area contributed by atoms with Crippen molar-refractivity contribution in [3.05, 3.63) is 16.0 Å². The summed E-state index contributed by atoms with van der Waals surface area (Å²) in [6, 6.07) is 0. The van der Waals surface area contributed by atoms with Crippen LogP contribution < -0.4 is 16.0 Å². The molecule has 0 saturated carbocycles. The lowest BCUT2D eigenvalue weighted by Gasteiger charge is -2.16. The molecule has 0 radical (unpaired) electrons. The van der Waals surface area contributed by atoms with Gasteiger partial charge >= 0.3 is 0 Å². The maximum absolute atomic E-state index is 12.3. The minimum atomic E-state index is -0.420. The number of hydrogen-bond donors (Lipinski definition) is 3. The van der Waals surface area contributed by atoms with Crippen LogP contribution in [0.25, 0.3) is 0 Å². The third-order valence-electron chi connectivity index (χ3n) is 4.64. The Bertz CT molecular complexity index is 574. The molecule has 6 heteroatoms.